The molecule has 1 aromatic rings. The van der Waals surface area contributed by atoms with E-state index in [1.54, 1.807) is 0 Å². The Labute approximate surface area is 109 Å². The second-order valence-electron chi connectivity index (χ2n) is 4.24. The number of aromatic nitrogens is 2. The van der Waals surface area contributed by atoms with Gasteiger partial charge in [-0.25, -0.2) is 0 Å². The zero-order valence-electron chi connectivity index (χ0n) is 11.1. The van der Waals surface area contributed by atoms with Crippen LogP contribution in [0.15, 0.2) is 0 Å². The van der Waals surface area contributed by atoms with E-state index in [2.05, 4.69) is 29.6 Å². The predicted octanol–water partition coefficient (Wildman–Crippen LogP) is 1.80. The first-order chi connectivity index (χ1) is 8.06. The van der Waals surface area contributed by atoms with Crippen LogP contribution < -0.4 is 10.6 Å². The van der Waals surface area contributed by atoms with Gasteiger partial charge in [0.15, 0.2) is 5.11 Å². The van der Waals surface area contributed by atoms with E-state index in [0.717, 1.165) is 30.3 Å². The molecule has 0 amide bonds. The average Bonchev–Trinajstić information content (AvgIpc) is 2.51. The third-order valence-electron chi connectivity index (χ3n) is 2.90. The fourth-order valence-corrected chi connectivity index (χ4v) is 1.86. The third kappa shape index (κ3) is 4.00. The lowest BCUT2D eigenvalue weighted by Gasteiger charge is -2.10. The maximum absolute atomic E-state index is 5.21. The summed E-state index contributed by atoms with van der Waals surface area (Å²) < 4.78 is 1.90. The minimum Gasteiger partial charge on any atom is -0.363 e. The first-order valence-corrected chi connectivity index (χ1v) is 6.47. The van der Waals surface area contributed by atoms with Gasteiger partial charge in [0.25, 0.3) is 0 Å². The van der Waals surface area contributed by atoms with Crippen molar-refractivity contribution in [1.29, 1.82) is 0 Å². The molecule has 1 rings (SSSR count). The summed E-state index contributed by atoms with van der Waals surface area (Å²) >= 11 is 5.21. The molecule has 0 fully saturated rings. The maximum Gasteiger partial charge on any atom is 0.166 e. The Morgan fingerprint density at radius 2 is 2.06 bits per heavy atom. The van der Waals surface area contributed by atoms with Gasteiger partial charge < -0.3 is 10.6 Å². The molecule has 0 unspecified atom stereocenters. The summed E-state index contributed by atoms with van der Waals surface area (Å²) in [5.74, 6) is 0. The van der Waals surface area contributed by atoms with Gasteiger partial charge in [-0.3, -0.25) is 4.68 Å². The molecule has 0 aromatic carbocycles. The fraction of sp³-hybridized carbons (Fsp3) is 0.667. The van der Waals surface area contributed by atoms with Crippen LogP contribution in [-0.4, -0.2) is 21.4 Å². The summed E-state index contributed by atoms with van der Waals surface area (Å²) in [6, 6.07) is 0. The second kappa shape index (κ2) is 6.59. The van der Waals surface area contributed by atoms with Crippen molar-refractivity contribution in [3.63, 3.8) is 0 Å². The monoisotopic (exact) mass is 254 g/mol. The Bertz CT molecular complexity index is 384. The van der Waals surface area contributed by atoms with Crippen LogP contribution in [0.5, 0.6) is 0 Å². The Hall–Kier alpha value is -1.10. The largest absolute Gasteiger partial charge is 0.363 e. The molecular formula is C12H22N4S. The maximum atomic E-state index is 5.21. The Balaban J connectivity index is 2.42. The normalized spacial score (nSPS) is 10.4. The first-order valence-electron chi connectivity index (χ1n) is 6.07. The van der Waals surface area contributed by atoms with Gasteiger partial charge in [-0.2, -0.15) is 5.10 Å². The van der Waals surface area contributed by atoms with E-state index in [1.165, 1.54) is 17.7 Å². The van der Waals surface area contributed by atoms with Crippen molar-refractivity contribution in [3.05, 3.63) is 17.0 Å². The lowest BCUT2D eigenvalue weighted by Crippen LogP contribution is -2.35. The van der Waals surface area contributed by atoms with Crippen LogP contribution in [-0.2, 0) is 13.6 Å². The molecule has 17 heavy (non-hydrogen) atoms. The van der Waals surface area contributed by atoms with Gasteiger partial charge in [-0.05, 0) is 32.5 Å². The van der Waals surface area contributed by atoms with Gasteiger partial charge in [0.1, 0.15) is 0 Å². The molecule has 2 N–H and O–H groups in total. The Kier molecular flexibility index (Phi) is 5.41. The molecule has 0 aliphatic rings. The Morgan fingerprint density at radius 1 is 1.35 bits per heavy atom. The van der Waals surface area contributed by atoms with Crippen LogP contribution in [0.4, 0.5) is 0 Å². The zero-order chi connectivity index (χ0) is 12.8. The van der Waals surface area contributed by atoms with Crippen molar-refractivity contribution >= 4 is 17.3 Å². The number of aryl methyl sites for hydroxylation is 2. The second-order valence-corrected chi connectivity index (χ2v) is 4.64. The number of hydrogen-bond acceptors (Lipinski definition) is 2. The highest BCUT2D eigenvalue weighted by Gasteiger charge is 2.08. The quantitative estimate of drug-likeness (QED) is 0.621. The predicted molar refractivity (Wildman–Crippen MR) is 75.0 cm³/mol. The number of nitrogens with one attached hydrogen (secondary N) is 2. The van der Waals surface area contributed by atoms with Crippen LogP contribution >= 0.6 is 12.2 Å². The summed E-state index contributed by atoms with van der Waals surface area (Å²) in [7, 11) is 1.96. The van der Waals surface area contributed by atoms with Crippen LogP contribution in [0.1, 0.15) is 36.7 Å². The minimum atomic E-state index is 0.723. The van der Waals surface area contributed by atoms with Crippen LogP contribution in [0.3, 0.4) is 0 Å². The molecule has 0 aliphatic heterocycles. The van der Waals surface area contributed by atoms with E-state index in [-0.39, 0.29) is 0 Å². The average molecular weight is 254 g/mol. The smallest absolute Gasteiger partial charge is 0.166 e. The number of unbranched alkanes of at least 4 members (excludes halogenated alkanes) is 1. The van der Waals surface area contributed by atoms with Crippen LogP contribution in [0.25, 0.3) is 0 Å². The molecule has 0 spiro atoms. The van der Waals surface area contributed by atoms with Gasteiger partial charge in [-0.15, -0.1) is 0 Å². The third-order valence-corrected chi connectivity index (χ3v) is 3.19. The highest BCUT2D eigenvalue weighted by molar-refractivity contribution is 7.80. The Morgan fingerprint density at radius 3 is 2.59 bits per heavy atom. The van der Waals surface area contributed by atoms with Crippen molar-refractivity contribution in [3.8, 4) is 0 Å². The van der Waals surface area contributed by atoms with E-state index in [9.17, 15) is 0 Å². The number of thiocarbonyl (C=S) groups is 1. The molecule has 1 aromatic heterocycles. The van der Waals surface area contributed by atoms with E-state index >= 15 is 0 Å². The van der Waals surface area contributed by atoms with Crippen molar-refractivity contribution in [2.24, 2.45) is 7.05 Å². The molecule has 96 valence electrons. The number of rotatable bonds is 5. The van der Waals surface area contributed by atoms with Gasteiger partial charge >= 0.3 is 0 Å². The number of nitrogens with zero attached hydrogens (tertiary/aromatic N) is 2. The summed E-state index contributed by atoms with van der Waals surface area (Å²) in [5.41, 5.74) is 3.48. The van der Waals surface area contributed by atoms with Crippen molar-refractivity contribution in [1.82, 2.24) is 20.4 Å². The summed E-state index contributed by atoms with van der Waals surface area (Å²) in [6.07, 6.45) is 2.32. The molecule has 0 atom stereocenters. The lowest BCUT2D eigenvalue weighted by molar-refractivity contribution is 0.726. The highest BCUT2D eigenvalue weighted by Crippen LogP contribution is 2.10. The molecular weight excluding hydrogens is 232 g/mol. The molecule has 4 nitrogen and oxygen atoms in total. The molecule has 0 saturated carbocycles. The summed E-state index contributed by atoms with van der Waals surface area (Å²) in [6.45, 7) is 7.94. The molecule has 0 saturated heterocycles. The molecule has 0 bridgehead atoms. The van der Waals surface area contributed by atoms with Crippen LogP contribution in [0.2, 0.25) is 0 Å². The SMILES string of the molecule is CCCCNC(=S)NCc1c(C)nn(C)c1C. The molecule has 0 radical (unpaired) electrons. The van der Waals surface area contributed by atoms with E-state index < -0.39 is 0 Å². The van der Waals surface area contributed by atoms with Crippen molar-refractivity contribution < 1.29 is 0 Å². The topological polar surface area (TPSA) is 41.9 Å². The van der Waals surface area contributed by atoms with Gasteiger partial charge in [0.2, 0.25) is 0 Å². The molecule has 5 heteroatoms. The van der Waals surface area contributed by atoms with Gasteiger partial charge in [0, 0.05) is 31.4 Å². The number of hydrogen-bond donors (Lipinski definition) is 2. The van der Waals surface area contributed by atoms with Crippen molar-refractivity contribution in [2.45, 2.75) is 40.2 Å². The summed E-state index contributed by atoms with van der Waals surface area (Å²) in [5, 5.41) is 11.5. The fourth-order valence-electron chi connectivity index (χ4n) is 1.68. The molecule has 0 aliphatic carbocycles. The van der Waals surface area contributed by atoms with E-state index in [1.807, 2.05) is 18.7 Å². The molecule has 1 heterocycles. The van der Waals surface area contributed by atoms with Crippen LogP contribution in [0, 0.1) is 13.8 Å². The zero-order valence-corrected chi connectivity index (χ0v) is 11.9. The lowest BCUT2D eigenvalue weighted by atomic mass is 10.2. The summed E-state index contributed by atoms with van der Waals surface area (Å²) in [4.78, 5) is 0. The highest BCUT2D eigenvalue weighted by atomic mass is 32.1. The van der Waals surface area contributed by atoms with E-state index in [4.69, 9.17) is 12.2 Å². The van der Waals surface area contributed by atoms with E-state index in [0.29, 0.717) is 0 Å². The van der Waals surface area contributed by atoms with Gasteiger partial charge in [0.05, 0.1) is 5.69 Å². The standard InChI is InChI=1S/C12H22N4S/c1-5-6-7-13-12(17)14-8-11-9(2)15-16(4)10(11)3/h5-8H2,1-4H3,(H2,13,14,17). The first kappa shape index (κ1) is 14.0. The van der Waals surface area contributed by atoms with Crippen molar-refractivity contribution in [2.75, 3.05) is 6.54 Å². The minimum absolute atomic E-state index is 0.723. The van der Waals surface area contributed by atoms with Gasteiger partial charge in [-0.1, -0.05) is 13.3 Å².